The van der Waals surface area contributed by atoms with E-state index >= 15 is 0 Å². The highest BCUT2D eigenvalue weighted by Gasteiger charge is 2.36. The van der Waals surface area contributed by atoms with Crippen LogP contribution in [0, 0.1) is 4.77 Å². The molecule has 2 aromatic rings. The fourth-order valence-corrected chi connectivity index (χ4v) is 4.20. The van der Waals surface area contributed by atoms with Crippen molar-refractivity contribution in [2.75, 3.05) is 31.1 Å². The van der Waals surface area contributed by atoms with Crippen LogP contribution in [-0.2, 0) is 6.67 Å². The molecule has 6 nitrogen and oxygen atoms in total. The standard InChI is InChI=1S/C18H24N6S/c25-18-23(20-17(14-4-5-14)24(18)15-6-7-15)13-21-9-11-22(12-10-21)16-3-1-2-8-19-16/h1-3,8,14-15H,4-7,9-13H2/p+2. The van der Waals surface area contributed by atoms with Crippen LogP contribution in [0.25, 0.3) is 0 Å². The van der Waals surface area contributed by atoms with Gasteiger partial charge in [-0.2, -0.15) is 9.78 Å². The highest BCUT2D eigenvalue weighted by molar-refractivity contribution is 7.71. The van der Waals surface area contributed by atoms with Crippen molar-refractivity contribution < 1.29 is 9.88 Å². The number of aromatic amines is 1. The quantitative estimate of drug-likeness (QED) is 0.805. The van der Waals surface area contributed by atoms with Gasteiger partial charge in [0.05, 0.1) is 6.20 Å². The number of pyridine rings is 1. The van der Waals surface area contributed by atoms with Crippen LogP contribution in [0.15, 0.2) is 24.4 Å². The molecule has 5 rings (SSSR count). The van der Waals surface area contributed by atoms with Crippen molar-refractivity contribution in [1.82, 2.24) is 14.3 Å². The molecule has 0 bridgehead atoms. The Hall–Kier alpha value is -1.73. The average Bonchev–Trinajstić information content (AvgIpc) is 3.56. The summed E-state index contributed by atoms with van der Waals surface area (Å²) in [6.45, 7) is 5.30. The monoisotopic (exact) mass is 358 g/mol. The lowest BCUT2D eigenvalue weighted by atomic mass is 10.3. The van der Waals surface area contributed by atoms with Gasteiger partial charge in [-0.15, -0.1) is 0 Å². The summed E-state index contributed by atoms with van der Waals surface area (Å²) in [5, 5.41) is 4.94. The topological polar surface area (TPSA) is 44.6 Å². The molecule has 1 saturated heterocycles. The number of rotatable bonds is 5. The molecule has 2 N–H and O–H groups in total. The number of aromatic nitrogens is 4. The van der Waals surface area contributed by atoms with Crippen molar-refractivity contribution in [3.8, 4) is 0 Å². The Balaban J connectivity index is 1.27. The van der Waals surface area contributed by atoms with Crippen LogP contribution in [0.1, 0.15) is 43.5 Å². The molecule has 2 saturated carbocycles. The maximum Gasteiger partial charge on any atom is 0.274 e. The van der Waals surface area contributed by atoms with Gasteiger partial charge in [-0.1, -0.05) is 6.07 Å². The second kappa shape index (κ2) is 6.21. The minimum absolute atomic E-state index is 0.636. The van der Waals surface area contributed by atoms with E-state index in [4.69, 9.17) is 17.3 Å². The fourth-order valence-electron chi connectivity index (χ4n) is 3.85. The van der Waals surface area contributed by atoms with Gasteiger partial charge in [0.1, 0.15) is 32.0 Å². The molecule has 0 spiro atoms. The number of anilines is 1. The number of hydrogen-bond acceptors (Lipinski definition) is 3. The molecule has 0 atom stereocenters. The first kappa shape index (κ1) is 15.5. The molecule has 2 aromatic heterocycles. The van der Waals surface area contributed by atoms with E-state index in [9.17, 15) is 0 Å². The number of hydrogen-bond donors (Lipinski definition) is 1. The largest absolute Gasteiger partial charge is 0.310 e. The highest BCUT2D eigenvalue weighted by atomic mass is 32.1. The Morgan fingerprint density at radius 2 is 1.96 bits per heavy atom. The average molecular weight is 359 g/mol. The van der Waals surface area contributed by atoms with E-state index < -0.39 is 0 Å². The Morgan fingerprint density at radius 3 is 2.60 bits per heavy atom. The number of nitrogens with one attached hydrogen (secondary N) is 2. The summed E-state index contributed by atoms with van der Waals surface area (Å²) in [4.78, 5) is 7.35. The van der Waals surface area contributed by atoms with Crippen molar-refractivity contribution in [2.45, 2.75) is 44.3 Å². The Kier molecular flexibility index (Phi) is 3.86. The zero-order chi connectivity index (χ0) is 16.8. The van der Waals surface area contributed by atoms with Crippen LogP contribution in [0.5, 0.6) is 0 Å². The predicted octanol–water partition coefficient (Wildman–Crippen LogP) is 0.803. The summed E-state index contributed by atoms with van der Waals surface area (Å²) in [6.07, 6.45) is 7.13. The first-order chi connectivity index (χ1) is 12.3. The van der Waals surface area contributed by atoms with Crippen LogP contribution < -0.4 is 14.8 Å². The Morgan fingerprint density at radius 1 is 1.16 bits per heavy atom. The first-order valence-corrected chi connectivity index (χ1v) is 9.95. The van der Waals surface area contributed by atoms with Crippen molar-refractivity contribution in [2.24, 2.45) is 0 Å². The second-order valence-corrected chi connectivity index (χ2v) is 8.02. The highest BCUT2D eigenvalue weighted by Crippen LogP contribution is 2.44. The van der Waals surface area contributed by atoms with Crippen LogP contribution in [-0.4, -0.2) is 40.5 Å². The summed E-state index contributed by atoms with van der Waals surface area (Å²) in [5.41, 5.74) is 0. The molecule has 0 amide bonds. The van der Waals surface area contributed by atoms with E-state index in [1.165, 1.54) is 37.3 Å². The maximum atomic E-state index is 5.78. The summed E-state index contributed by atoms with van der Waals surface area (Å²) in [7, 11) is 0. The Labute approximate surface area is 153 Å². The van der Waals surface area contributed by atoms with Gasteiger partial charge < -0.3 is 9.47 Å². The van der Waals surface area contributed by atoms with E-state index in [0.717, 1.165) is 37.6 Å². The number of nitrogens with zero attached hydrogens (tertiary/aromatic N) is 4. The number of H-pyrrole nitrogens is 1. The van der Waals surface area contributed by atoms with Crippen LogP contribution >= 0.6 is 12.2 Å². The SMILES string of the molecule is S=c1n(C[NH+]2CCN(c3cccc[nH+]3)CC2)nc(C2CC2)n1C1CC1. The second-order valence-electron chi connectivity index (χ2n) is 7.66. The van der Waals surface area contributed by atoms with E-state index in [1.807, 2.05) is 12.3 Å². The smallest absolute Gasteiger partial charge is 0.274 e. The third kappa shape index (κ3) is 3.11. The van der Waals surface area contributed by atoms with E-state index in [2.05, 4.69) is 31.3 Å². The summed E-state index contributed by atoms with van der Waals surface area (Å²) < 4.78 is 5.44. The molecule has 2 aliphatic carbocycles. The van der Waals surface area contributed by atoms with Crippen LogP contribution in [0.2, 0.25) is 0 Å². The molecule has 1 aliphatic heterocycles. The third-order valence-corrected chi connectivity index (χ3v) is 6.04. The molecule has 25 heavy (non-hydrogen) atoms. The van der Waals surface area contributed by atoms with Crippen LogP contribution in [0.4, 0.5) is 5.82 Å². The van der Waals surface area contributed by atoms with Gasteiger partial charge in [0.25, 0.3) is 5.82 Å². The molecule has 132 valence electrons. The minimum Gasteiger partial charge on any atom is -0.310 e. The lowest BCUT2D eigenvalue weighted by Gasteiger charge is -2.27. The molecule has 0 unspecified atom stereocenters. The zero-order valence-corrected chi connectivity index (χ0v) is 15.3. The maximum absolute atomic E-state index is 5.78. The van der Waals surface area contributed by atoms with Crippen molar-refractivity contribution in [1.29, 1.82) is 0 Å². The summed E-state index contributed by atoms with van der Waals surface area (Å²) in [6, 6.07) is 6.91. The first-order valence-electron chi connectivity index (χ1n) is 9.54. The lowest BCUT2D eigenvalue weighted by Crippen LogP contribution is -3.14. The number of quaternary nitrogens is 1. The normalized spacial score (nSPS) is 21.7. The molecule has 0 aromatic carbocycles. The van der Waals surface area contributed by atoms with Crippen molar-refractivity contribution >= 4 is 18.0 Å². The zero-order valence-electron chi connectivity index (χ0n) is 14.5. The van der Waals surface area contributed by atoms with Gasteiger partial charge in [0, 0.05) is 18.0 Å². The summed E-state index contributed by atoms with van der Waals surface area (Å²) in [5.74, 6) is 3.15. The predicted molar refractivity (Wildman–Crippen MR) is 97.2 cm³/mol. The van der Waals surface area contributed by atoms with Gasteiger partial charge in [-0.25, -0.2) is 4.98 Å². The summed E-state index contributed by atoms with van der Waals surface area (Å²) >= 11 is 5.78. The number of piperazine rings is 1. The third-order valence-electron chi connectivity index (χ3n) is 5.63. The van der Waals surface area contributed by atoms with Gasteiger partial charge >= 0.3 is 0 Å². The van der Waals surface area contributed by atoms with Gasteiger partial charge in [0.2, 0.25) is 4.77 Å². The molecular weight excluding hydrogens is 332 g/mol. The minimum atomic E-state index is 0.636. The van der Waals surface area contributed by atoms with E-state index in [-0.39, 0.29) is 0 Å². The van der Waals surface area contributed by atoms with Crippen molar-refractivity contribution in [3.63, 3.8) is 0 Å². The van der Waals surface area contributed by atoms with E-state index in [1.54, 1.807) is 4.90 Å². The van der Waals surface area contributed by atoms with E-state index in [0.29, 0.717) is 12.0 Å². The fraction of sp³-hybridized carbons (Fsp3) is 0.611. The molecule has 3 heterocycles. The molecule has 3 aliphatic rings. The van der Waals surface area contributed by atoms with Gasteiger partial charge in [-0.05, 0) is 44.0 Å². The molecule has 7 heteroatoms. The van der Waals surface area contributed by atoms with Gasteiger partial charge in [0.15, 0.2) is 6.67 Å². The van der Waals surface area contributed by atoms with Crippen LogP contribution in [0.3, 0.4) is 0 Å². The van der Waals surface area contributed by atoms with Crippen molar-refractivity contribution in [3.05, 3.63) is 35.0 Å². The molecule has 0 radical (unpaired) electrons. The lowest BCUT2D eigenvalue weighted by molar-refractivity contribution is -0.924. The van der Waals surface area contributed by atoms with Gasteiger partial charge in [-0.3, -0.25) is 4.90 Å². The Bertz CT molecular complexity index is 797. The molecular formula is C18H26N6S+2. The molecule has 3 fully saturated rings.